The van der Waals surface area contributed by atoms with E-state index in [0.29, 0.717) is 0 Å². The molecule has 1 aromatic carbocycles. The number of ether oxygens (including phenoxy) is 2. The lowest BCUT2D eigenvalue weighted by molar-refractivity contribution is -0.207. The maximum absolute atomic E-state index is 13.5. The van der Waals surface area contributed by atoms with Gasteiger partial charge in [0.15, 0.2) is 5.69 Å². The lowest BCUT2D eigenvalue weighted by Gasteiger charge is -2.48. The molecule has 0 unspecified atom stereocenters. The van der Waals surface area contributed by atoms with Gasteiger partial charge in [-0.15, -0.1) is 0 Å². The predicted octanol–water partition coefficient (Wildman–Crippen LogP) is 4.19. The molecule has 8 nitrogen and oxygen atoms in total. The monoisotopic (exact) mass is 479 g/mol. The number of nitrogens with zero attached hydrogens (tertiary/aromatic N) is 3. The summed E-state index contributed by atoms with van der Waals surface area (Å²) in [5.41, 5.74) is -4.84. The molecule has 2 N–H and O–H groups in total. The fourth-order valence-corrected chi connectivity index (χ4v) is 5.16. The number of methoxy groups -OCH3 is 1. The molecule has 0 aliphatic carbocycles. The maximum atomic E-state index is 13.5. The normalized spacial score (nSPS) is 24.6. The van der Waals surface area contributed by atoms with Gasteiger partial charge in [-0.3, -0.25) is 14.3 Å². The molecule has 2 aliphatic rings. The Morgan fingerprint density at radius 3 is 2.12 bits per heavy atom. The second kappa shape index (κ2) is 7.13. The van der Waals surface area contributed by atoms with Crippen molar-refractivity contribution in [2.45, 2.75) is 50.6 Å². The van der Waals surface area contributed by atoms with Crippen LogP contribution in [0.5, 0.6) is 11.8 Å². The van der Waals surface area contributed by atoms with Gasteiger partial charge < -0.3 is 19.7 Å². The van der Waals surface area contributed by atoms with Crippen molar-refractivity contribution in [3.05, 3.63) is 46.3 Å². The van der Waals surface area contributed by atoms with E-state index in [1.54, 1.807) is 27.7 Å². The summed E-state index contributed by atoms with van der Waals surface area (Å²) in [6.45, 7) is 14.1. The van der Waals surface area contributed by atoms with Gasteiger partial charge in [-0.2, -0.15) is 13.2 Å². The van der Waals surface area contributed by atoms with Crippen LogP contribution in [0.2, 0.25) is 0 Å². The Kier molecular flexibility index (Phi) is 5.02. The van der Waals surface area contributed by atoms with Crippen molar-refractivity contribution in [3.8, 4) is 17.4 Å². The Labute approximate surface area is 193 Å². The Morgan fingerprint density at radius 1 is 1.15 bits per heavy atom. The van der Waals surface area contributed by atoms with Crippen molar-refractivity contribution >= 4 is 11.7 Å². The molecule has 1 saturated heterocycles. The first kappa shape index (κ1) is 23.9. The van der Waals surface area contributed by atoms with Crippen molar-refractivity contribution in [1.82, 2.24) is 9.47 Å². The average molecular weight is 479 g/mol. The highest BCUT2D eigenvalue weighted by Crippen LogP contribution is 2.59. The molecule has 0 amide bonds. The lowest BCUT2D eigenvalue weighted by atomic mass is 9.94. The van der Waals surface area contributed by atoms with Crippen LogP contribution < -0.4 is 0 Å². The van der Waals surface area contributed by atoms with E-state index < -0.39 is 51.9 Å². The molecule has 34 heavy (non-hydrogen) atoms. The zero-order chi connectivity index (χ0) is 25.4. The molecular weight excluding hydrogens is 455 g/mol. The minimum absolute atomic E-state index is 0.152. The fourth-order valence-electron chi connectivity index (χ4n) is 5.16. The van der Waals surface area contributed by atoms with Crippen LogP contribution in [-0.4, -0.2) is 51.4 Å². The molecule has 0 spiro atoms. The molecule has 11 heteroatoms. The summed E-state index contributed by atoms with van der Waals surface area (Å²) in [4.78, 5) is 17.2. The van der Waals surface area contributed by atoms with Crippen molar-refractivity contribution in [1.29, 1.82) is 0 Å². The number of rotatable bonds is 3. The molecule has 0 saturated carbocycles. The van der Waals surface area contributed by atoms with Gasteiger partial charge >= 0.3 is 12.1 Å². The average Bonchev–Trinajstić information content (AvgIpc) is 3.11. The van der Waals surface area contributed by atoms with E-state index in [4.69, 9.17) is 16.0 Å². The Balaban J connectivity index is 1.87. The van der Waals surface area contributed by atoms with Crippen LogP contribution in [-0.2, 0) is 31.6 Å². The second-order valence-corrected chi connectivity index (χ2v) is 9.51. The maximum Gasteiger partial charge on any atom is 0.407 e. The molecular formula is C23H24F3N3O5. The van der Waals surface area contributed by atoms with Crippen LogP contribution >= 0.6 is 0 Å². The minimum atomic E-state index is -4.80. The summed E-state index contributed by atoms with van der Waals surface area (Å²) in [6, 6.07) is 2.94. The van der Waals surface area contributed by atoms with Crippen LogP contribution in [0.4, 0.5) is 18.9 Å². The lowest BCUT2D eigenvalue weighted by Crippen LogP contribution is -2.61. The van der Waals surface area contributed by atoms with E-state index in [1.807, 2.05) is 4.90 Å². The molecule has 1 fully saturated rings. The molecule has 2 bridgehead atoms. The third-order valence-corrected chi connectivity index (χ3v) is 6.75. The Hall–Kier alpha value is -3.23. The zero-order valence-corrected chi connectivity index (χ0v) is 19.2. The first-order valence-corrected chi connectivity index (χ1v) is 10.4. The number of alkyl halides is 3. The SMILES string of the molecule is [C-]#[N+]c1ccc(-n2c(O)c3c(c2O)[C@]2(C)CN(C(C)(C)C(=O)OC)C[C@@]3(C)O2)cc1C(F)(F)F. The summed E-state index contributed by atoms with van der Waals surface area (Å²) < 4.78 is 52.6. The van der Waals surface area contributed by atoms with Gasteiger partial charge in [0.25, 0.3) is 0 Å². The number of aromatic hydroxyl groups is 2. The second-order valence-electron chi connectivity index (χ2n) is 9.51. The highest BCUT2D eigenvalue weighted by molar-refractivity contribution is 5.80. The molecule has 4 rings (SSSR count). The van der Waals surface area contributed by atoms with E-state index in [-0.39, 0.29) is 29.9 Å². The number of halogens is 3. The van der Waals surface area contributed by atoms with Crippen LogP contribution in [0.3, 0.4) is 0 Å². The number of hydrogen-bond acceptors (Lipinski definition) is 6. The minimum Gasteiger partial charge on any atom is -0.494 e. The van der Waals surface area contributed by atoms with Gasteiger partial charge in [-0.25, -0.2) is 4.85 Å². The molecule has 2 aromatic rings. The molecule has 0 radical (unpaired) electrons. The highest BCUT2D eigenvalue weighted by atomic mass is 19.4. The van der Waals surface area contributed by atoms with Crippen molar-refractivity contribution < 1.29 is 37.7 Å². The number of aromatic nitrogens is 1. The Bertz CT molecular complexity index is 1200. The third-order valence-electron chi connectivity index (χ3n) is 6.75. The molecule has 3 heterocycles. The topological polar surface area (TPSA) is 88.5 Å². The highest BCUT2D eigenvalue weighted by Gasteiger charge is 2.61. The zero-order valence-electron chi connectivity index (χ0n) is 19.2. The molecule has 182 valence electrons. The predicted molar refractivity (Wildman–Crippen MR) is 114 cm³/mol. The van der Waals surface area contributed by atoms with Crippen molar-refractivity contribution in [2.75, 3.05) is 20.2 Å². The Morgan fingerprint density at radius 2 is 1.68 bits per heavy atom. The summed E-state index contributed by atoms with van der Waals surface area (Å²) in [5, 5.41) is 22.3. The van der Waals surface area contributed by atoms with Crippen molar-refractivity contribution in [3.63, 3.8) is 0 Å². The summed E-state index contributed by atoms with van der Waals surface area (Å²) in [6.07, 6.45) is -4.80. The van der Waals surface area contributed by atoms with E-state index in [1.165, 1.54) is 13.2 Å². The first-order chi connectivity index (χ1) is 15.6. The van der Waals surface area contributed by atoms with Gasteiger partial charge in [-0.1, -0.05) is 6.07 Å². The van der Waals surface area contributed by atoms with E-state index in [9.17, 15) is 28.2 Å². The van der Waals surface area contributed by atoms with Gasteiger partial charge in [0.05, 0.1) is 36.1 Å². The van der Waals surface area contributed by atoms with Gasteiger partial charge in [0.1, 0.15) is 16.7 Å². The van der Waals surface area contributed by atoms with E-state index in [0.717, 1.165) is 16.7 Å². The van der Waals surface area contributed by atoms with Crippen LogP contribution in [0, 0.1) is 6.57 Å². The standard InChI is InChI=1S/C23H24F3N3O5/c1-20(2,19(32)33-6)28-10-21(3)15-16(22(4,11-28)34-21)18(31)29(17(15)30)12-7-8-14(27-5)13(9-12)23(24,25)26/h7-9,30-31H,10-11H2,1-4,6H3/t21-,22+. The van der Waals surface area contributed by atoms with Gasteiger partial charge in [0, 0.05) is 13.1 Å². The number of carbonyl (C=O) groups is 1. The molecule has 2 atom stereocenters. The molecule has 1 aromatic heterocycles. The van der Waals surface area contributed by atoms with Crippen molar-refractivity contribution in [2.24, 2.45) is 0 Å². The number of morpholine rings is 1. The van der Waals surface area contributed by atoms with E-state index >= 15 is 0 Å². The number of carbonyl (C=O) groups excluding carboxylic acids is 1. The van der Waals surface area contributed by atoms with Gasteiger partial charge in [0.2, 0.25) is 11.8 Å². The smallest absolute Gasteiger partial charge is 0.407 e. The van der Waals surface area contributed by atoms with Crippen LogP contribution in [0.25, 0.3) is 10.5 Å². The number of fused-ring (bicyclic) bond motifs is 5. The van der Waals surface area contributed by atoms with Crippen LogP contribution in [0.15, 0.2) is 18.2 Å². The summed E-state index contributed by atoms with van der Waals surface area (Å²) in [5.74, 6) is -1.41. The first-order valence-electron chi connectivity index (χ1n) is 10.4. The molecule has 2 aliphatic heterocycles. The fraction of sp³-hybridized carbons (Fsp3) is 0.478. The van der Waals surface area contributed by atoms with E-state index in [2.05, 4.69) is 4.85 Å². The number of benzene rings is 1. The summed E-state index contributed by atoms with van der Waals surface area (Å²) in [7, 11) is 1.28. The third kappa shape index (κ3) is 3.16. The quantitative estimate of drug-likeness (QED) is 0.507. The van der Waals surface area contributed by atoms with Gasteiger partial charge in [-0.05, 0) is 39.8 Å². The van der Waals surface area contributed by atoms with Crippen LogP contribution in [0.1, 0.15) is 44.4 Å². The largest absolute Gasteiger partial charge is 0.494 e. The number of hydrogen-bond donors (Lipinski definition) is 2. The summed E-state index contributed by atoms with van der Waals surface area (Å²) >= 11 is 0. The number of esters is 1.